The van der Waals surface area contributed by atoms with Crippen molar-refractivity contribution in [2.75, 3.05) is 0 Å². The molecule has 0 saturated carbocycles. The summed E-state index contributed by atoms with van der Waals surface area (Å²) < 4.78 is 0. The molecule has 0 saturated heterocycles. The van der Waals surface area contributed by atoms with Crippen molar-refractivity contribution >= 4 is 11.9 Å². The van der Waals surface area contributed by atoms with Crippen molar-refractivity contribution in [2.24, 2.45) is 0 Å². The summed E-state index contributed by atoms with van der Waals surface area (Å²) in [7, 11) is 0. The van der Waals surface area contributed by atoms with E-state index in [9.17, 15) is 0 Å². The topological polar surface area (TPSA) is 201 Å². The van der Waals surface area contributed by atoms with Crippen LogP contribution in [0.3, 0.4) is 0 Å². The van der Waals surface area contributed by atoms with E-state index in [-0.39, 0.29) is 38.7 Å². The molecule has 1 radical (unpaired) electrons. The van der Waals surface area contributed by atoms with Gasteiger partial charge in [0.25, 0.3) is 11.9 Å². The first-order chi connectivity index (χ1) is 3.46. The van der Waals surface area contributed by atoms with Crippen LogP contribution in [0.1, 0.15) is 13.8 Å². The van der Waals surface area contributed by atoms with Gasteiger partial charge in [-0.05, 0) is 0 Å². The average molecular weight is 251 g/mol. The molecule has 0 atom stereocenters. The van der Waals surface area contributed by atoms with Crippen molar-refractivity contribution in [1.29, 1.82) is 0 Å². The van der Waals surface area contributed by atoms with Crippen molar-refractivity contribution in [3.05, 3.63) is 0 Å². The maximum absolute atomic E-state index is 9.00. The Kier molecular flexibility index (Phi) is 184. The molecule has 0 fully saturated rings. The molecule has 0 aromatic carbocycles. The van der Waals surface area contributed by atoms with Gasteiger partial charge in [-0.1, -0.05) is 0 Å². The number of carboxylic acids is 2. The zero-order valence-electron chi connectivity index (χ0n) is 7.04. The van der Waals surface area contributed by atoms with E-state index in [1.807, 2.05) is 0 Å². The Hall–Kier alpha value is -0.714. The van der Waals surface area contributed by atoms with E-state index in [1.165, 1.54) is 0 Å². The van der Waals surface area contributed by atoms with Crippen molar-refractivity contribution in [3.8, 4) is 0 Å². The Morgan fingerprint density at radius 1 is 0.769 bits per heavy atom. The minimum Gasteiger partial charge on any atom is -0.481 e. The molecule has 0 aliphatic heterocycles. The summed E-state index contributed by atoms with van der Waals surface area (Å²) in [6, 6.07) is 0. The molecule has 0 aliphatic carbocycles. The number of hydrogen-bond acceptors (Lipinski definition) is 2. The Morgan fingerprint density at radius 2 is 0.769 bits per heavy atom. The first kappa shape index (κ1) is 56.0. The molecule has 9 heteroatoms. The predicted octanol–water partition coefficient (Wildman–Crippen LogP) is -3.12. The second-order valence-electron chi connectivity index (χ2n) is 1.04. The van der Waals surface area contributed by atoms with E-state index in [2.05, 4.69) is 0 Å². The molecular formula is C4H16CoO8. The third-order valence-electron chi connectivity index (χ3n) is 0. The fourth-order valence-corrected chi connectivity index (χ4v) is 0. The molecule has 0 aliphatic rings. The standard InChI is InChI=1S/2C2H4O2.Co.4H2O/c2*1-2(3)4;;;;;/h2*1H3,(H,3,4);;4*1H2. The van der Waals surface area contributed by atoms with Gasteiger partial charge in [0.05, 0.1) is 0 Å². The molecule has 0 spiro atoms. The predicted molar refractivity (Wildman–Crippen MR) is 41.1 cm³/mol. The smallest absolute Gasteiger partial charge is 0.300 e. The molecule has 8 nitrogen and oxygen atoms in total. The maximum Gasteiger partial charge on any atom is 0.300 e. The van der Waals surface area contributed by atoms with E-state index >= 15 is 0 Å². The monoisotopic (exact) mass is 251 g/mol. The van der Waals surface area contributed by atoms with E-state index < -0.39 is 11.9 Å². The molecule has 13 heavy (non-hydrogen) atoms. The zero-order valence-corrected chi connectivity index (χ0v) is 8.09. The van der Waals surface area contributed by atoms with Crippen LogP contribution in [0.2, 0.25) is 0 Å². The van der Waals surface area contributed by atoms with Crippen LogP contribution < -0.4 is 0 Å². The van der Waals surface area contributed by atoms with Crippen LogP contribution >= 0.6 is 0 Å². The number of rotatable bonds is 0. The van der Waals surface area contributed by atoms with E-state index in [0.29, 0.717) is 0 Å². The normalized spacial score (nSPS) is 3.85. The second-order valence-corrected chi connectivity index (χ2v) is 1.04. The second kappa shape index (κ2) is 42.7. The summed E-state index contributed by atoms with van der Waals surface area (Å²) in [5.74, 6) is -1.67. The molecule has 0 rings (SSSR count). The van der Waals surface area contributed by atoms with Crippen LogP contribution in [0.4, 0.5) is 0 Å². The molecule has 0 bridgehead atoms. The minimum atomic E-state index is -0.833. The van der Waals surface area contributed by atoms with Crippen molar-refractivity contribution in [1.82, 2.24) is 0 Å². The summed E-state index contributed by atoms with van der Waals surface area (Å²) in [5, 5.41) is 14.8. The van der Waals surface area contributed by atoms with Gasteiger partial charge in [-0.3, -0.25) is 9.59 Å². The third kappa shape index (κ3) is 1910. The molecular weight excluding hydrogens is 235 g/mol. The van der Waals surface area contributed by atoms with Crippen molar-refractivity contribution in [2.45, 2.75) is 13.8 Å². The van der Waals surface area contributed by atoms with Gasteiger partial charge in [-0.25, -0.2) is 0 Å². The first-order valence-corrected chi connectivity index (χ1v) is 1.86. The van der Waals surface area contributed by atoms with Gasteiger partial charge in [0, 0.05) is 30.6 Å². The van der Waals surface area contributed by atoms with Crippen LogP contribution in [-0.2, 0) is 26.4 Å². The molecule has 0 amide bonds. The molecule has 0 aromatic rings. The van der Waals surface area contributed by atoms with Crippen LogP contribution in [0.15, 0.2) is 0 Å². The third-order valence-corrected chi connectivity index (χ3v) is 0. The quantitative estimate of drug-likeness (QED) is 0.458. The Balaban J connectivity index is -0.00000000800. The van der Waals surface area contributed by atoms with Crippen molar-refractivity contribution in [3.63, 3.8) is 0 Å². The van der Waals surface area contributed by atoms with Gasteiger partial charge >= 0.3 is 0 Å². The van der Waals surface area contributed by atoms with Gasteiger partial charge in [-0.2, -0.15) is 0 Å². The zero-order chi connectivity index (χ0) is 7.15. The fraction of sp³-hybridized carbons (Fsp3) is 0.500. The van der Waals surface area contributed by atoms with Crippen LogP contribution in [0.5, 0.6) is 0 Å². The molecule has 0 unspecified atom stereocenters. The number of aliphatic carboxylic acids is 2. The van der Waals surface area contributed by atoms with Crippen LogP contribution in [0.25, 0.3) is 0 Å². The molecule has 10 N–H and O–H groups in total. The molecule has 0 aromatic heterocycles. The maximum atomic E-state index is 9.00. The minimum absolute atomic E-state index is 0. The van der Waals surface area contributed by atoms with Gasteiger partial charge < -0.3 is 32.1 Å². The Labute approximate surface area is 85.0 Å². The SMILES string of the molecule is CC(=O)O.CC(=O)O.O.O.O.O.[Co]. The summed E-state index contributed by atoms with van der Waals surface area (Å²) in [6.07, 6.45) is 0. The van der Waals surface area contributed by atoms with Gasteiger partial charge in [0.2, 0.25) is 0 Å². The number of carboxylic acid groups (broad SMARTS) is 2. The van der Waals surface area contributed by atoms with Crippen LogP contribution in [-0.4, -0.2) is 44.1 Å². The van der Waals surface area contributed by atoms with E-state index in [0.717, 1.165) is 13.8 Å². The molecule has 89 valence electrons. The Bertz CT molecular complexity index is 74.1. The summed E-state index contributed by atoms with van der Waals surface area (Å²) >= 11 is 0. The average Bonchev–Trinajstić information content (AvgIpc) is 1.25. The summed E-state index contributed by atoms with van der Waals surface area (Å²) in [4.78, 5) is 18.0. The largest absolute Gasteiger partial charge is 0.481 e. The van der Waals surface area contributed by atoms with Gasteiger partial charge in [0.1, 0.15) is 0 Å². The fourth-order valence-electron chi connectivity index (χ4n) is 0. The van der Waals surface area contributed by atoms with Gasteiger partial charge in [0.15, 0.2) is 0 Å². The van der Waals surface area contributed by atoms with Crippen molar-refractivity contribution < 1.29 is 58.5 Å². The first-order valence-electron chi connectivity index (χ1n) is 1.86. The summed E-state index contributed by atoms with van der Waals surface area (Å²) in [6.45, 7) is 2.17. The molecule has 0 heterocycles. The van der Waals surface area contributed by atoms with Crippen LogP contribution in [0, 0.1) is 0 Å². The van der Waals surface area contributed by atoms with E-state index in [1.54, 1.807) is 0 Å². The number of hydrogen-bond donors (Lipinski definition) is 2. The summed E-state index contributed by atoms with van der Waals surface area (Å²) in [5.41, 5.74) is 0. The van der Waals surface area contributed by atoms with E-state index in [4.69, 9.17) is 19.8 Å². The number of carbonyl (C=O) groups is 2. The van der Waals surface area contributed by atoms with Gasteiger partial charge in [-0.15, -0.1) is 0 Å². The Morgan fingerprint density at radius 3 is 0.769 bits per heavy atom.